The van der Waals surface area contributed by atoms with Crippen LogP contribution in [0, 0.1) is 6.92 Å². The summed E-state index contributed by atoms with van der Waals surface area (Å²) in [5, 5.41) is 2.79. The molecule has 0 aliphatic carbocycles. The first-order valence-electron chi connectivity index (χ1n) is 10.8. The van der Waals surface area contributed by atoms with Gasteiger partial charge in [0.2, 0.25) is 5.91 Å². The second-order valence-electron chi connectivity index (χ2n) is 8.13. The van der Waals surface area contributed by atoms with E-state index in [9.17, 15) is 21.6 Å². The number of sulfone groups is 1. The van der Waals surface area contributed by atoms with Gasteiger partial charge in [0.05, 0.1) is 28.6 Å². The molecule has 35 heavy (non-hydrogen) atoms. The fraction of sp³-hybridized carbons (Fsp3) is 0.240. The number of anilines is 1. The van der Waals surface area contributed by atoms with Crippen molar-refractivity contribution in [2.24, 2.45) is 0 Å². The summed E-state index contributed by atoms with van der Waals surface area (Å²) in [6, 6.07) is 18.6. The van der Waals surface area contributed by atoms with E-state index in [0.29, 0.717) is 11.3 Å². The van der Waals surface area contributed by atoms with E-state index >= 15 is 0 Å². The van der Waals surface area contributed by atoms with Gasteiger partial charge in [0.1, 0.15) is 12.3 Å². The van der Waals surface area contributed by atoms with E-state index in [0.717, 1.165) is 16.1 Å². The monoisotopic (exact) mass is 516 g/mol. The average molecular weight is 517 g/mol. The minimum atomic E-state index is -4.10. The third kappa shape index (κ3) is 6.20. The van der Waals surface area contributed by atoms with E-state index in [-0.39, 0.29) is 15.5 Å². The molecule has 0 bridgehead atoms. The Kier molecular flexibility index (Phi) is 7.86. The van der Waals surface area contributed by atoms with Crippen molar-refractivity contribution < 1.29 is 26.4 Å². The maximum Gasteiger partial charge on any atom is 0.264 e. The Morgan fingerprint density at radius 2 is 1.57 bits per heavy atom. The van der Waals surface area contributed by atoms with Gasteiger partial charge >= 0.3 is 0 Å². The van der Waals surface area contributed by atoms with E-state index in [1.54, 1.807) is 55.5 Å². The fourth-order valence-electron chi connectivity index (χ4n) is 3.52. The van der Waals surface area contributed by atoms with Crippen LogP contribution in [0.2, 0.25) is 0 Å². The van der Waals surface area contributed by atoms with E-state index < -0.39 is 38.4 Å². The second-order valence-corrected chi connectivity index (χ2v) is 12.0. The summed E-state index contributed by atoms with van der Waals surface area (Å²) in [5.74, 6) is -0.222. The number of hydrogen-bond donors (Lipinski definition) is 1. The molecule has 1 N–H and O–H groups in total. The van der Waals surface area contributed by atoms with Crippen LogP contribution in [-0.2, 0) is 24.7 Å². The number of hydrogen-bond acceptors (Lipinski definition) is 6. The highest BCUT2D eigenvalue weighted by atomic mass is 32.2. The molecule has 0 aliphatic rings. The molecule has 8 nitrogen and oxygen atoms in total. The number of aryl methyl sites for hydroxylation is 1. The summed E-state index contributed by atoms with van der Waals surface area (Å²) in [7, 11) is -6.00. The number of nitrogens with zero attached hydrogens (tertiary/aromatic N) is 1. The summed E-state index contributed by atoms with van der Waals surface area (Å²) >= 11 is 0. The number of carbonyl (C=O) groups excluding carboxylic acids is 1. The lowest BCUT2D eigenvalue weighted by atomic mass is 10.1. The molecule has 1 amide bonds. The molecule has 10 heteroatoms. The van der Waals surface area contributed by atoms with Crippen molar-refractivity contribution in [1.82, 2.24) is 5.32 Å². The largest absolute Gasteiger partial charge is 0.495 e. The van der Waals surface area contributed by atoms with Gasteiger partial charge in [-0.3, -0.25) is 9.10 Å². The molecule has 3 aromatic rings. The minimum absolute atomic E-state index is 0.0424. The highest BCUT2D eigenvalue weighted by molar-refractivity contribution is 7.93. The van der Waals surface area contributed by atoms with Gasteiger partial charge in [-0.15, -0.1) is 0 Å². The first kappa shape index (κ1) is 26.2. The normalized spacial score (nSPS) is 12.6. The van der Waals surface area contributed by atoms with Crippen LogP contribution in [0.5, 0.6) is 5.75 Å². The molecule has 186 valence electrons. The van der Waals surface area contributed by atoms with Crippen molar-refractivity contribution in [3.63, 3.8) is 0 Å². The zero-order chi connectivity index (χ0) is 25.8. The zero-order valence-electron chi connectivity index (χ0n) is 19.9. The molecule has 0 saturated heterocycles. The van der Waals surface area contributed by atoms with E-state index in [2.05, 4.69) is 5.32 Å². The van der Waals surface area contributed by atoms with Gasteiger partial charge in [-0.1, -0.05) is 36.4 Å². The molecule has 0 aromatic heterocycles. The van der Waals surface area contributed by atoms with E-state index in [1.165, 1.54) is 31.4 Å². The van der Waals surface area contributed by atoms with Crippen LogP contribution in [0.3, 0.4) is 0 Å². The van der Waals surface area contributed by atoms with Crippen LogP contribution < -0.4 is 14.4 Å². The van der Waals surface area contributed by atoms with Gasteiger partial charge in [0, 0.05) is 6.26 Å². The lowest BCUT2D eigenvalue weighted by Crippen LogP contribution is -2.41. The van der Waals surface area contributed by atoms with Crippen molar-refractivity contribution in [2.75, 3.05) is 24.2 Å². The van der Waals surface area contributed by atoms with Crippen molar-refractivity contribution in [3.8, 4) is 5.75 Å². The number of ether oxygens (including phenoxy) is 1. The van der Waals surface area contributed by atoms with Crippen LogP contribution in [0.15, 0.2) is 82.6 Å². The predicted octanol–water partition coefficient (Wildman–Crippen LogP) is 3.48. The Bertz CT molecular complexity index is 1400. The summed E-state index contributed by atoms with van der Waals surface area (Å²) in [6.45, 7) is 3.07. The summed E-state index contributed by atoms with van der Waals surface area (Å²) in [6.07, 6.45) is 1.12. The van der Waals surface area contributed by atoms with E-state index in [4.69, 9.17) is 4.74 Å². The van der Waals surface area contributed by atoms with Gasteiger partial charge < -0.3 is 10.1 Å². The molecule has 0 spiro atoms. The molecule has 0 radical (unpaired) electrons. The van der Waals surface area contributed by atoms with Gasteiger partial charge in [-0.2, -0.15) is 0 Å². The number of sulfonamides is 1. The van der Waals surface area contributed by atoms with Gasteiger partial charge in [0.15, 0.2) is 9.84 Å². The SMILES string of the molecule is COc1ccc(C)cc1N(CC(=O)NC(C)c1ccc(S(C)(=O)=O)cc1)S(=O)(=O)c1ccccc1. The van der Waals surface area contributed by atoms with E-state index in [1.807, 2.05) is 6.92 Å². The van der Waals surface area contributed by atoms with Crippen molar-refractivity contribution >= 4 is 31.5 Å². The summed E-state index contributed by atoms with van der Waals surface area (Å²) < 4.78 is 56.9. The number of benzene rings is 3. The molecule has 3 rings (SSSR count). The Labute approximate surface area is 206 Å². The first-order valence-corrected chi connectivity index (χ1v) is 14.1. The molecular formula is C25H28N2O6S2. The number of amides is 1. The number of carbonyl (C=O) groups is 1. The van der Waals surface area contributed by atoms with Crippen LogP contribution in [0.1, 0.15) is 24.1 Å². The molecule has 0 aliphatic heterocycles. The lowest BCUT2D eigenvalue weighted by Gasteiger charge is -2.26. The Morgan fingerprint density at radius 3 is 2.14 bits per heavy atom. The van der Waals surface area contributed by atoms with Gasteiger partial charge in [-0.25, -0.2) is 16.8 Å². The summed E-state index contributed by atoms with van der Waals surface area (Å²) in [5.41, 5.74) is 1.72. The van der Waals surface area contributed by atoms with Crippen LogP contribution in [0.25, 0.3) is 0 Å². The minimum Gasteiger partial charge on any atom is -0.495 e. The number of nitrogens with one attached hydrogen (secondary N) is 1. The molecule has 1 unspecified atom stereocenters. The lowest BCUT2D eigenvalue weighted by molar-refractivity contribution is -0.120. The maximum atomic E-state index is 13.6. The summed E-state index contributed by atoms with van der Waals surface area (Å²) in [4.78, 5) is 13.3. The quantitative estimate of drug-likeness (QED) is 0.466. The van der Waals surface area contributed by atoms with Crippen LogP contribution >= 0.6 is 0 Å². The second kappa shape index (κ2) is 10.5. The predicted molar refractivity (Wildman–Crippen MR) is 135 cm³/mol. The Hall–Kier alpha value is -3.37. The fourth-order valence-corrected chi connectivity index (χ4v) is 5.59. The zero-order valence-corrected chi connectivity index (χ0v) is 21.6. The van der Waals surface area contributed by atoms with Crippen LogP contribution in [0.4, 0.5) is 5.69 Å². The highest BCUT2D eigenvalue weighted by Crippen LogP contribution is 2.33. The maximum absolute atomic E-state index is 13.6. The first-order chi connectivity index (χ1) is 16.4. The average Bonchev–Trinajstić information content (AvgIpc) is 2.82. The molecular weight excluding hydrogens is 488 g/mol. The van der Waals surface area contributed by atoms with Crippen molar-refractivity contribution in [1.29, 1.82) is 0 Å². The van der Waals surface area contributed by atoms with Crippen LogP contribution in [-0.4, -0.2) is 42.7 Å². The molecule has 0 saturated carbocycles. The third-order valence-electron chi connectivity index (χ3n) is 5.41. The van der Waals surface area contributed by atoms with Crippen molar-refractivity contribution in [2.45, 2.75) is 29.7 Å². The van der Waals surface area contributed by atoms with Crippen molar-refractivity contribution in [3.05, 3.63) is 83.9 Å². The van der Waals surface area contributed by atoms with Gasteiger partial charge in [0.25, 0.3) is 10.0 Å². The topological polar surface area (TPSA) is 110 Å². The molecule has 0 heterocycles. The number of methoxy groups -OCH3 is 1. The smallest absolute Gasteiger partial charge is 0.264 e. The highest BCUT2D eigenvalue weighted by Gasteiger charge is 2.30. The molecule has 3 aromatic carbocycles. The third-order valence-corrected chi connectivity index (χ3v) is 8.31. The number of rotatable bonds is 9. The Balaban J connectivity index is 1.92. The Morgan fingerprint density at radius 1 is 0.943 bits per heavy atom. The van der Waals surface area contributed by atoms with Gasteiger partial charge in [-0.05, 0) is 61.4 Å². The molecule has 0 fully saturated rings. The standard InChI is InChI=1S/C25H28N2O6S2/c1-18-10-15-24(33-3)23(16-18)27(35(31,32)22-8-6-5-7-9-22)17-25(28)26-19(2)20-11-13-21(14-12-20)34(4,29)30/h5-16,19H,17H2,1-4H3,(H,26,28). The molecule has 1 atom stereocenters.